The average Bonchev–Trinajstić information content (AvgIpc) is 2.72. The first-order valence-corrected chi connectivity index (χ1v) is 10.1. The summed E-state index contributed by atoms with van der Waals surface area (Å²) in [5.74, 6) is -1.55. The SMILES string of the molecule is C[C@@H]1COCCN1c1nc2n(c(=O)c1F)CC[C@@H](C(F)(F)F)N2Cc1ccc(Cl)nc1. The number of fused-ring (bicyclic) bond motifs is 1. The molecule has 0 bridgehead atoms. The lowest BCUT2D eigenvalue weighted by Crippen LogP contribution is -2.53. The van der Waals surface area contributed by atoms with Crippen LogP contribution < -0.4 is 15.4 Å². The molecule has 1 fully saturated rings. The predicted octanol–water partition coefficient (Wildman–Crippen LogP) is 3.00. The van der Waals surface area contributed by atoms with Crippen molar-refractivity contribution in [2.45, 2.75) is 44.7 Å². The molecule has 2 aliphatic heterocycles. The van der Waals surface area contributed by atoms with Gasteiger partial charge in [0.25, 0.3) is 5.56 Å². The Morgan fingerprint density at radius 3 is 2.71 bits per heavy atom. The number of hydrogen-bond acceptors (Lipinski definition) is 6. The van der Waals surface area contributed by atoms with Gasteiger partial charge in [-0.3, -0.25) is 9.36 Å². The second-order valence-corrected chi connectivity index (χ2v) is 7.97. The van der Waals surface area contributed by atoms with Gasteiger partial charge < -0.3 is 14.5 Å². The van der Waals surface area contributed by atoms with E-state index < -0.39 is 30.0 Å². The third-order valence-electron chi connectivity index (χ3n) is 5.49. The molecular formula is C19H20ClF4N5O2. The highest BCUT2D eigenvalue weighted by Gasteiger charge is 2.47. The van der Waals surface area contributed by atoms with Crippen molar-refractivity contribution in [1.29, 1.82) is 0 Å². The maximum absolute atomic E-state index is 14.9. The van der Waals surface area contributed by atoms with E-state index in [2.05, 4.69) is 9.97 Å². The Morgan fingerprint density at radius 1 is 1.29 bits per heavy atom. The fourth-order valence-electron chi connectivity index (χ4n) is 3.93. The third-order valence-corrected chi connectivity index (χ3v) is 5.72. The number of morpholine rings is 1. The van der Waals surface area contributed by atoms with Crippen molar-refractivity contribution in [1.82, 2.24) is 14.5 Å². The summed E-state index contributed by atoms with van der Waals surface area (Å²) in [6.07, 6.45) is -3.60. The zero-order valence-electron chi connectivity index (χ0n) is 16.6. The van der Waals surface area contributed by atoms with Crippen molar-refractivity contribution in [3.8, 4) is 0 Å². The highest BCUT2D eigenvalue weighted by Crippen LogP contribution is 2.36. The number of pyridine rings is 1. The van der Waals surface area contributed by atoms with E-state index in [1.807, 2.05) is 0 Å². The van der Waals surface area contributed by atoms with Crippen LogP contribution in [0.3, 0.4) is 0 Å². The van der Waals surface area contributed by atoms with E-state index in [-0.39, 0.29) is 42.6 Å². The number of alkyl halides is 3. The first-order valence-electron chi connectivity index (χ1n) is 9.75. The Balaban J connectivity index is 1.82. The molecule has 0 aliphatic carbocycles. The first kappa shape index (κ1) is 21.8. The minimum absolute atomic E-state index is 0.204. The van der Waals surface area contributed by atoms with E-state index in [0.717, 1.165) is 9.47 Å². The number of halogens is 5. The summed E-state index contributed by atoms with van der Waals surface area (Å²) in [5.41, 5.74) is -0.537. The van der Waals surface area contributed by atoms with Gasteiger partial charge in [-0.15, -0.1) is 0 Å². The summed E-state index contributed by atoms with van der Waals surface area (Å²) in [6, 6.07) is 0.855. The quantitative estimate of drug-likeness (QED) is 0.517. The monoisotopic (exact) mass is 461 g/mol. The lowest BCUT2D eigenvalue weighted by atomic mass is 10.1. The van der Waals surface area contributed by atoms with Gasteiger partial charge in [-0.1, -0.05) is 17.7 Å². The van der Waals surface area contributed by atoms with E-state index in [1.165, 1.54) is 12.3 Å². The Morgan fingerprint density at radius 2 is 2.06 bits per heavy atom. The molecule has 0 unspecified atom stereocenters. The second kappa shape index (κ2) is 8.27. The van der Waals surface area contributed by atoms with Crippen molar-refractivity contribution >= 4 is 23.4 Å². The molecule has 0 aromatic carbocycles. The molecule has 0 amide bonds. The largest absolute Gasteiger partial charge is 0.408 e. The summed E-state index contributed by atoms with van der Waals surface area (Å²) in [5, 5.41) is 0.204. The van der Waals surface area contributed by atoms with Crippen LogP contribution in [0.5, 0.6) is 0 Å². The Kier molecular flexibility index (Phi) is 5.82. The maximum atomic E-state index is 14.9. The molecule has 2 aromatic heterocycles. The smallest absolute Gasteiger partial charge is 0.377 e. The fraction of sp³-hybridized carbons (Fsp3) is 0.526. The van der Waals surface area contributed by atoms with Crippen LogP contribution in [0.4, 0.5) is 29.3 Å². The molecule has 0 spiro atoms. The number of hydrogen-bond donors (Lipinski definition) is 0. The fourth-order valence-corrected chi connectivity index (χ4v) is 4.04. The number of nitrogens with zero attached hydrogens (tertiary/aromatic N) is 5. The molecule has 2 aromatic rings. The molecule has 7 nitrogen and oxygen atoms in total. The Bertz CT molecular complexity index is 1010. The number of ether oxygens (including phenoxy) is 1. The van der Waals surface area contributed by atoms with Crippen molar-refractivity contribution in [2.24, 2.45) is 0 Å². The van der Waals surface area contributed by atoms with E-state index in [1.54, 1.807) is 17.9 Å². The molecule has 12 heteroatoms. The molecule has 0 radical (unpaired) electrons. The van der Waals surface area contributed by atoms with Gasteiger partial charge in [0, 0.05) is 25.8 Å². The lowest BCUT2D eigenvalue weighted by Gasteiger charge is -2.40. The highest BCUT2D eigenvalue weighted by atomic mass is 35.5. The van der Waals surface area contributed by atoms with Crippen LogP contribution in [0.1, 0.15) is 18.9 Å². The zero-order chi connectivity index (χ0) is 22.3. The van der Waals surface area contributed by atoms with Crippen molar-refractivity contribution in [3.05, 3.63) is 45.2 Å². The van der Waals surface area contributed by atoms with Crippen LogP contribution in [0.2, 0.25) is 5.15 Å². The zero-order valence-corrected chi connectivity index (χ0v) is 17.3. The molecule has 31 heavy (non-hydrogen) atoms. The molecule has 4 heterocycles. The van der Waals surface area contributed by atoms with Crippen LogP contribution in [-0.4, -0.2) is 52.6 Å². The predicted molar refractivity (Wildman–Crippen MR) is 106 cm³/mol. The number of anilines is 2. The highest BCUT2D eigenvalue weighted by molar-refractivity contribution is 6.29. The molecule has 2 atom stereocenters. The molecule has 0 saturated carbocycles. The topological polar surface area (TPSA) is 63.5 Å². The summed E-state index contributed by atoms with van der Waals surface area (Å²) < 4.78 is 62.8. The molecule has 1 saturated heterocycles. The maximum Gasteiger partial charge on any atom is 0.408 e. The number of rotatable bonds is 3. The van der Waals surface area contributed by atoms with Crippen LogP contribution in [0, 0.1) is 5.82 Å². The minimum atomic E-state index is -4.57. The van der Waals surface area contributed by atoms with Gasteiger partial charge in [0.1, 0.15) is 11.2 Å². The van der Waals surface area contributed by atoms with Crippen LogP contribution in [0.25, 0.3) is 0 Å². The average molecular weight is 462 g/mol. The van der Waals surface area contributed by atoms with Gasteiger partial charge in [-0.05, 0) is 25.0 Å². The Hall–Kier alpha value is -2.40. The van der Waals surface area contributed by atoms with E-state index >= 15 is 0 Å². The van der Waals surface area contributed by atoms with E-state index in [0.29, 0.717) is 18.8 Å². The van der Waals surface area contributed by atoms with Gasteiger partial charge in [-0.2, -0.15) is 22.5 Å². The third kappa shape index (κ3) is 4.20. The molecular weight excluding hydrogens is 442 g/mol. The van der Waals surface area contributed by atoms with E-state index in [4.69, 9.17) is 16.3 Å². The summed E-state index contributed by atoms with van der Waals surface area (Å²) in [4.78, 5) is 23.4. The van der Waals surface area contributed by atoms with E-state index in [9.17, 15) is 22.4 Å². The van der Waals surface area contributed by atoms with Gasteiger partial charge in [0.2, 0.25) is 11.8 Å². The molecule has 2 aliphatic rings. The summed E-state index contributed by atoms with van der Waals surface area (Å²) in [7, 11) is 0. The first-order chi connectivity index (χ1) is 14.7. The second-order valence-electron chi connectivity index (χ2n) is 7.59. The normalized spacial score (nSPS) is 21.9. The number of aromatic nitrogens is 3. The van der Waals surface area contributed by atoms with Crippen LogP contribution >= 0.6 is 11.6 Å². The molecule has 168 valence electrons. The van der Waals surface area contributed by atoms with Gasteiger partial charge >= 0.3 is 6.18 Å². The van der Waals surface area contributed by atoms with Crippen molar-refractivity contribution < 1.29 is 22.3 Å². The standard InChI is InChI=1S/C19H20ClF4N5O2/c1-11-10-31-7-6-27(11)16-15(21)17(30)28-5-4-13(19(22,23)24)29(18(28)26-16)9-12-2-3-14(20)25-8-12/h2-3,8,11,13H,4-7,9-10H2,1H3/t11-,13+/m1/s1. The van der Waals surface area contributed by atoms with Gasteiger partial charge in [0.15, 0.2) is 5.82 Å². The van der Waals surface area contributed by atoms with Gasteiger partial charge in [0.05, 0.1) is 19.3 Å². The van der Waals surface area contributed by atoms with Crippen molar-refractivity contribution in [2.75, 3.05) is 29.6 Å². The summed E-state index contributed by atoms with van der Waals surface area (Å²) in [6.45, 7) is 2.14. The van der Waals surface area contributed by atoms with Gasteiger partial charge in [-0.25, -0.2) is 4.98 Å². The minimum Gasteiger partial charge on any atom is -0.377 e. The van der Waals surface area contributed by atoms with Crippen LogP contribution in [0.15, 0.2) is 23.1 Å². The summed E-state index contributed by atoms with van der Waals surface area (Å²) >= 11 is 5.78. The molecule has 0 N–H and O–H groups in total. The van der Waals surface area contributed by atoms with Crippen molar-refractivity contribution in [3.63, 3.8) is 0 Å². The Labute approximate surface area is 180 Å². The van der Waals surface area contributed by atoms with Crippen LogP contribution in [-0.2, 0) is 17.8 Å². The molecule has 4 rings (SSSR count). The lowest BCUT2D eigenvalue weighted by molar-refractivity contribution is -0.153.